The molecule has 1 aromatic heterocycles. The van der Waals surface area contributed by atoms with Gasteiger partial charge in [-0.15, -0.1) is 0 Å². The fourth-order valence-corrected chi connectivity index (χ4v) is 8.90. The lowest BCUT2D eigenvalue weighted by Crippen LogP contribution is -2.33. The molecular weight excluding hydrogens is 692 g/mol. The minimum absolute atomic E-state index is 0.108. The first-order valence-electron chi connectivity index (χ1n) is 13.1. The Hall–Kier alpha value is -3.76. The number of aromatic nitrogens is 1. The summed E-state index contributed by atoms with van der Waals surface area (Å²) < 4.78 is 30.4. The van der Waals surface area contributed by atoms with Crippen LogP contribution in [0.25, 0.3) is 0 Å². The van der Waals surface area contributed by atoms with Crippen LogP contribution in [-0.2, 0) is 31.0 Å². The Balaban J connectivity index is 1.36. The zero-order valence-electron chi connectivity index (χ0n) is 22.8. The largest absolute Gasteiger partial charge is 0.497 e. The second-order valence-electron chi connectivity index (χ2n) is 10.0. The van der Waals surface area contributed by atoms with Gasteiger partial charge in [-0.3, -0.25) is 23.7 Å². The quantitative estimate of drug-likeness (QED) is 0.274. The number of methoxy groups -OCH3 is 1. The molecule has 3 N–H and O–H groups in total. The number of thioether (sulfide) groups is 1. The molecule has 0 saturated carbocycles. The summed E-state index contributed by atoms with van der Waals surface area (Å²) in [6.45, 7) is -0.358. The van der Waals surface area contributed by atoms with Crippen molar-refractivity contribution in [3.63, 3.8) is 0 Å². The van der Waals surface area contributed by atoms with E-state index in [1.807, 2.05) is 24.3 Å². The van der Waals surface area contributed by atoms with E-state index in [0.717, 1.165) is 33.1 Å². The Morgan fingerprint density at radius 2 is 1.64 bits per heavy atom. The summed E-state index contributed by atoms with van der Waals surface area (Å²) in [5.74, 6) is -2.11. The first kappa shape index (κ1) is 30.3. The van der Waals surface area contributed by atoms with Crippen molar-refractivity contribution in [3.8, 4) is 5.75 Å². The molecule has 3 amide bonds. The topological polar surface area (TPSA) is 158 Å². The molecule has 15 heteroatoms. The molecule has 2 aliphatic heterocycles. The number of anilines is 2. The molecule has 6 rings (SSSR count). The van der Waals surface area contributed by atoms with Gasteiger partial charge in [-0.2, -0.15) is 0 Å². The highest BCUT2D eigenvalue weighted by Crippen LogP contribution is 2.54. The molecule has 3 heterocycles. The highest BCUT2D eigenvalue weighted by molar-refractivity contribution is 9.10. The van der Waals surface area contributed by atoms with Gasteiger partial charge in [0, 0.05) is 21.0 Å². The van der Waals surface area contributed by atoms with Gasteiger partial charge in [0.05, 0.1) is 28.6 Å². The molecule has 44 heavy (non-hydrogen) atoms. The summed E-state index contributed by atoms with van der Waals surface area (Å²) in [5.41, 5.74) is 1.49. The van der Waals surface area contributed by atoms with E-state index in [1.165, 1.54) is 40.8 Å². The van der Waals surface area contributed by atoms with E-state index >= 15 is 0 Å². The Bertz CT molecular complexity index is 1960. The van der Waals surface area contributed by atoms with Gasteiger partial charge < -0.3 is 10.1 Å². The summed E-state index contributed by atoms with van der Waals surface area (Å²) in [6, 6.07) is 19.3. The molecule has 4 aromatic rings. The van der Waals surface area contributed by atoms with E-state index in [2.05, 4.69) is 21.2 Å². The van der Waals surface area contributed by atoms with Crippen molar-refractivity contribution in [1.82, 2.24) is 4.57 Å². The number of rotatable bonds is 7. The highest BCUT2D eigenvalue weighted by Gasteiger charge is 2.56. The lowest BCUT2D eigenvalue weighted by molar-refractivity contribution is -0.122. The Morgan fingerprint density at radius 1 is 0.977 bits per heavy atom. The fourth-order valence-electron chi connectivity index (χ4n) is 5.34. The van der Waals surface area contributed by atoms with Gasteiger partial charge in [-0.1, -0.05) is 51.2 Å². The number of thiazole rings is 1. The second-order valence-corrected chi connectivity index (χ2v) is 14.6. The van der Waals surface area contributed by atoms with Crippen LogP contribution in [0.1, 0.15) is 16.4 Å². The molecule has 2 aliphatic rings. The molecule has 226 valence electrons. The number of hydrogen-bond donors (Lipinski definition) is 2. The average Bonchev–Trinajstić information content (AvgIpc) is 3.43. The van der Waals surface area contributed by atoms with Crippen LogP contribution in [-0.4, -0.2) is 43.1 Å². The number of sulfonamides is 1. The van der Waals surface area contributed by atoms with Crippen LogP contribution in [0.15, 0.2) is 92.0 Å². The summed E-state index contributed by atoms with van der Waals surface area (Å²) >= 11 is 5.50. The van der Waals surface area contributed by atoms with Gasteiger partial charge in [0.2, 0.25) is 27.7 Å². The summed E-state index contributed by atoms with van der Waals surface area (Å²) in [6.07, 6.45) is 0. The van der Waals surface area contributed by atoms with Crippen LogP contribution < -0.4 is 25.0 Å². The number of nitrogens with two attached hydrogens (primary N) is 1. The number of fused-ring (bicyclic) bond motifs is 2. The smallest absolute Gasteiger partial charge is 0.308 e. The van der Waals surface area contributed by atoms with E-state index in [9.17, 15) is 27.6 Å². The predicted molar refractivity (Wildman–Crippen MR) is 170 cm³/mol. The van der Waals surface area contributed by atoms with Crippen LogP contribution in [0.4, 0.5) is 11.4 Å². The number of hydrogen-bond acceptors (Lipinski definition) is 9. The maximum Gasteiger partial charge on any atom is 0.308 e. The Kier molecular flexibility index (Phi) is 8.00. The summed E-state index contributed by atoms with van der Waals surface area (Å²) in [5, 5.41) is 7.41. The number of primary sulfonamides is 1. The maximum absolute atomic E-state index is 14.0. The van der Waals surface area contributed by atoms with Crippen LogP contribution in [0.5, 0.6) is 5.75 Å². The molecule has 0 spiro atoms. The van der Waals surface area contributed by atoms with Crippen molar-refractivity contribution in [2.45, 2.75) is 27.6 Å². The lowest BCUT2D eigenvalue weighted by Gasteiger charge is -2.30. The summed E-state index contributed by atoms with van der Waals surface area (Å²) in [7, 11) is -2.37. The third kappa shape index (κ3) is 5.49. The normalized spacial score (nSPS) is 19.4. The molecule has 3 aromatic carbocycles. The van der Waals surface area contributed by atoms with Crippen molar-refractivity contribution < 1.29 is 27.5 Å². The van der Waals surface area contributed by atoms with Crippen molar-refractivity contribution >= 4 is 78.1 Å². The molecular formula is C29H23BrN4O7S3. The van der Waals surface area contributed by atoms with Crippen molar-refractivity contribution in [3.05, 3.63) is 97.4 Å². The molecule has 1 saturated heterocycles. The Labute approximate surface area is 268 Å². The zero-order chi connectivity index (χ0) is 31.3. The van der Waals surface area contributed by atoms with Gasteiger partial charge in [-0.25, -0.2) is 18.5 Å². The van der Waals surface area contributed by atoms with Gasteiger partial charge >= 0.3 is 4.87 Å². The minimum Gasteiger partial charge on any atom is -0.497 e. The third-order valence-electron chi connectivity index (χ3n) is 7.38. The van der Waals surface area contributed by atoms with Crippen LogP contribution in [0.2, 0.25) is 0 Å². The third-order valence-corrected chi connectivity index (χ3v) is 11.4. The fraction of sp³-hybridized carbons (Fsp3) is 0.172. The monoisotopic (exact) mass is 714 g/mol. The molecule has 2 unspecified atom stereocenters. The average molecular weight is 716 g/mol. The molecule has 11 nitrogen and oxygen atoms in total. The molecule has 1 fully saturated rings. The minimum atomic E-state index is -3.90. The standard InChI is InChI=1S/C29H23BrN4O7S3/c1-41-19-10-8-18(9-11-19)34-26(36)23-22(15-2-4-16(30)5-3-15)25-28(42-24(23)27(34)37)33(29(38)43-25)14-21(35)32-17-6-12-20(13-7-17)44(31,39)40/h2-13,22-24H,14H2,1H3,(H,32,35)(H2,31,39,40)/t22-,23?,24?/m1/s1. The predicted octanol–water partition coefficient (Wildman–Crippen LogP) is 3.76. The lowest BCUT2D eigenvalue weighted by atomic mass is 9.83. The van der Waals surface area contributed by atoms with Crippen LogP contribution in [0.3, 0.4) is 0 Å². The number of ether oxygens (including phenoxy) is 1. The van der Waals surface area contributed by atoms with E-state index in [4.69, 9.17) is 9.88 Å². The number of nitrogens with zero attached hydrogens (tertiary/aromatic N) is 2. The van der Waals surface area contributed by atoms with Crippen molar-refractivity contribution in [2.24, 2.45) is 11.1 Å². The SMILES string of the molecule is COc1ccc(N2C(=O)C3Sc4c(sc(=O)n4CC(=O)Nc4ccc(S(N)(=O)=O)cc4)[C@H](c4ccc(Br)cc4)C3C2=O)cc1. The zero-order valence-corrected chi connectivity index (χ0v) is 26.8. The number of carbonyl (C=O) groups is 3. The van der Waals surface area contributed by atoms with Gasteiger partial charge in [0.15, 0.2) is 0 Å². The summed E-state index contributed by atoms with van der Waals surface area (Å²) in [4.78, 5) is 55.5. The number of imide groups is 1. The van der Waals surface area contributed by atoms with Crippen LogP contribution >= 0.6 is 39.0 Å². The Morgan fingerprint density at radius 3 is 2.25 bits per heavy atom. The highest BCUT2D eigenvalue weighted by atomic mass is 79.9. The number of amides is 3. The van der Waals surface area contributed by atoms with E-state index in [1.54, 1.807) is 24.3 Å². The molecule has 0 aliphatic carbocycles. The van der Waals surface area contributed by atoms with Gasteiger partial charge in [0.1, 0.15) is 17.5 Å². The van der Waals surface area contributed by atoms with Gasteiger partial charge in [0.25, 0.3) is 0 Å². The van der Waals surface area contributed by atoms with Gasteiger partial charge in [-0.05, 0) is 66.2 Å². The van der Waals surface area contributed by atoms with E-state index in [0.29, 0.717) is 27.0 Å². The number of carbonyl (C=O) groups excluding carboxylic acids is 3. The first-order chi connectivity index (χ1) is 21.0. The molecule has 0 bridgehead atoms. The number of nitrogens with one attached hydrogen (secondary N) is 1. The van der Waals surface area contributed by atoms with E-state index < -0.39 is 43.8 Å². The number of halogens is 1. The van der Waals surface area contributed by atoms with E-state index in [-0.39, 0.29) is 17.3 Å². The number of benzene rings is 3. The van der Waals surface area contributed by atoms with Crippen molar-refractivity contribution in [1.29, 1.82) is 0 Å². The second kappa shape index (κ2) is 11.6. The van der Waals surface area contributed by atoms with Crippen molar-refractivity contribution in [2.75, 3.05) is 17.3 Å². The maximum atomic E-state index is 14.0. The van der Waals surface area contributed by atoms with Crippen LogP contribution in [0, 0.1) is 5.92 Å². The molecule has 0 radical (unpaired) electrons. The molecule has 3 atom stereocenters. The first-order valence-corrected chi connectivity index (χ1v) is 17.1.